The van der Waals surface area contributed by atoms with E-state index in [0.29, 0.717) is 27.7 Å². The van der Waals surface area contributed by atoms with Gasteiger partial charge in [0, 0.05) is 5.56 Å². The molecule has 0 bridgehead atoms. The molecule has 0 aliphatic heterocycles. The zero-order valence-electron chi connectivity index (χ0n) is 11.9. The van der Waals surface area contributed by atoms with Gasteiger partial charge in [-0.3, -0.25) is 4.98 Å². The Bertz CT molecular complexity index is 884. The quantitative estimate of drug-likeness (QED) is 0.787. The van der Waals surface area contributed by atoms with Crippen LogP contribution >= 0.6 is 11.3 Å². The molecular weight excluding hydrogens is 321 g/mol. The van der Waals surface area contributed by atoms with Crippen molar-refractivity contribution in [3.05, 3.63) is 51.6 Å². The highest BCUT2D eigenvalue weighted by atomic mass is 32.1. The molecule has 1 N–H and O–H groups in total. The van der Waals surface area contributed by atoms with Crippen molar-refractivity contribution in [2.24, 2.45) is 0 Å². The van der Waals surface area contributed by atoms with Gasteiger partial charge >= 0.3 is 5.97 Å². The van der Waals surface area contributed by atoms with Crippen LogP contribution in [-0.4, -0.2) is 26.2 Å². The zero-order chi connectivity index (χ0) is 16.4. The van der Waals surface area contributed by atoms with Gasteiger partial charge in [-0.05, 0) is 31.2 Å². The summed E-state index contributed by atoms with van der Waals surface area (Å²) >= 11 is 1.08. The number of aromatic carboxylic acids is 1. The Morgan fingerprint density at radius 2 is 2.22 bits per heavy atom. The molecular formula is C15H10FN3O3S. The van der Waals surface area contributed by atoms with Crippen LogP contribution in [0.3, 0.4) is 0 Å². The highest BCUT2D eigenvalue weighted by Gasteiger charge is 2.13. The summed E-state index contributed by atoms with van der Waals surface area (Å²) < 4.78 is 17.9. The second-order valence-corrected chi connectivity index (χ2v) is 5.62. The third-order valence-corrected chi connectivity index (χ3v) is 4.09. The molecule has 0 aliphatic carbocycles. The van der Waals surface area contributed by atoms with E-state index in [9.17, 15) is 9.18 Å². The molecule has 0 unspecified atom stereocenters. The molecule has 3 aromatic rings. The fraction of sp³-hybridized carbons (Fsp3) is 0.0667. The fourth-order valence-corrected chi connectivity index (χ4v) is 2.73. The predicted molar refractivity (Wildman–Crippen MR) is 82.4 cm³/mol. The van der Waals surface area contributed by atoms with Crippen molar-refractivity contribution in [1.82, 2.24) is 15.1 Å². The smallest absolute Gasteiger partial charge is 0.347 e. The minimum Gasteiger partial charge on any atom is -0.477 e. The van der Waals surface area contributed by atoms with Crippen molar-refractivity contribution < 1.29 is 18.8 Å². The first-order chi connectivity index (χ1) is 11.0. The largest absolute Gasteiger partial charge is 0.477 e. The number of nitrogens with zero attached hydrogens (tertiary/aromatic N) is 3. The van der Waals surface area contributed by atoms with Crippen LogP contribution in [0.5, 0.6) is 0 Å². The second kappa shape index (κ2) is 6.09. The van der Waals surface area contributed by atoms with E-state index in [-0.39, 0.29) is 4.88 Å². The molecule has 0 saturated heterocycles. The van der Waals surface area contributed by atoms with Crippen molar-refractivity contribution in [2.45, 2.75) is 6.92 Å². The summed E-state index contributed by atoms with van der Waals surface area (Å²) in [5, 5.41) is 13.4. The van der Waals surface area contributed by atoms with Crippen molar-refractivity contribution in [3.63, 3.8) is 0 Å². The predicted octanol–water partition coefficient (Wildman–Crippen LogP) is 3.51. The second-order valence-electron chi connectivity index (χ2n) is 4.59. The van der Waals surface area contributed by atoms with Gasteiger partial charge in [-0.2, -0.15) is 0 Å². The molecule has 0 spiro atoms. The highest BCUT2D eigenvalue weighted by molar-refractivity contribution is 7.14. The number of carbonyl (C=O) groups is 1. The van der Waals surface area contributed by atoms with Crippen LogP contribution in [0.15, 0.2) is 29.1 Å². The first-order valence-corrected chi connectivity index (χ1v) is 7.31. The van der Waals surface area contributed by atoms with E-state index >= 15 is 0 Å². The maximum absolute atomic E-state index is 12.9. The first kappa shape index (κ1) is 15.0. The average Bonchev–Trinajstić information content (AvgIpc) is 3.12. The van der Waals surface area contributed by atoms with Crippen molar-refractivity contribution in [3.8, 4) is 11.4 Å². The average molecular weight is 331 g/mol. The van der Waals surface area contributed by atoms with E-state index in [1.807, 2.05) is 0 Å². The maximum atomic E-state index is 12.9. The number of hydrogen-bond donors (Lipinski definition) is 1. The van der Waals surface area contributed by atoms with Gasteiger partial charge in [0.2, 0.25) is 0 Å². The number of hydrogen-bond acceptors (Lipinski definition) is 6. The van der Waals surface area contributed by atoms with Gasteiger partial charge in [0.05, 0.1) is 17.6 Å². The Morgan fingerprint density at radius 3 is 2.87 bits per heavy atom. The van der Waals surface area contributed by atoms with Crippen LogP contribution in [0.25, 0.3) is 23.5 Å². The minimum absolute atomic E-state index is 0.204. The molecule has 3 heterocycles. The third-order valence-electron chi connectivity index (χ3n) is 2.98. The molecule has 0 radical (unpaired) electrons. The summed E-state index contributed by atoms with van der Waals surface area (Å²) in [5.41, 5.74) is 2.04. The summed E-state index contributed by atoms with van der Waals surface area (Å²) in [4.78, 5) is 19.4. The summed E-state index contributed by atoms with van der Waals surface area (Å²) in [6.45, 7) is 1.64. The lowest BCUT2D eigenvalue weighted by atomic mass is 10.1. The lowest BCUT2D eigenvalue weighted by Gasteiger charge is -1.96. The van der Waals surface area contributed by atoms with Crippen LogP contribution in [-0.2, 0) is 0 Å². The van der Waals surface area contributed by atoms with Gasteiger partial charge in [0.15, 0.2) is 0 Å². The summed E-state index contributed by atoms with van der Waals surface area (Å²) in [6, 6.07) is 2.79. The maximum Gasteiger partial charge on any atom is 0.347 e. The summed E-state index contributed by atoms with van der Waals surface area (Å²) in [6.07, 6.45) is 5.89. The van der Waals surface area contributed by atoms with Crippen LogP contribution < -0.4 is 0 Å². The Kier molecular flexibility index (Phi) is 3.98. The highest BCUT2D eigenvalue weighted by Crippen LogP contribution is 2.24. The van der Waals surface area contributed by atoms with Gasteiger partial charge in [0.25, 0.3) is 0 Å². The number of halogens is 1. The molecule has 0 aliphatic rings. The van der Waals surface area contributed by atoms with Crippen molar-refractivity contribution in [2.75, 3.05) is 0 Å². The molecule has 0 atom stereocenters. The van der Waals surface area contributed by atoms with Crippen LogP contribution in [0.2, 0.25) is 0 Å². The van der Waals surface area contributed by atoms with Gasteiger partial charge in [-0.1, -0.05) is 5.16 Å². The number of carboxylic acids is 1. The zero-order valence-corrected chi connectivity index (χ0v) is 12.7. The van der Waals surface area contributed by atoms with E-state index in [4.69, 9.17) is 9.63 Å². The van der Waals surface area contributed by atoms with Crippen LogP contribution in [0.4, 0.5) is 4.39 Å². The number of carboxylic acid groups (broad SMARTS) is 1. The van der Waals surface area contributed by atoms with Crippen LogP contribution in [0, 0.1) is 12.7 Å². The molecule has 0 aromatic carbocycles. The normalized spacial score (nSPS) is 11.2. The number of rotatable bonds is 4. The third kappa shape index (κ3) is 3.16. The molecule has 23 heavy (non-hydrogen) atoms. The minimum atomic E-state index is -0.999. The van der Waals surface area contributed by atoms with Crippen molar-refractivity contribution >= 4 is 29.5 Å². The van der Waals surface area contributed by atoms with Gasteiger partial charge in [-0.25, -0.2) is 14.2 Å². The van der Waals surface area contributed by atoms with Gasteiger partial charge in [-0.15, -0.1) is 11.3 Å². The van der Waals surface area contributed by atoms with E-state index < -0.39 is 11.8 Å². The lowest BCUT2D eigenvalue weighted by Crippen LogP contribution is -1.94. The SMILES string of the molecule is Cc1nc(/C=C/c2conc2-c2ccc(F)cn2)sc1C(=O)O. The van der Waals surface area contributed by atoms with E-state index in [1.165, 1.54) is 18.4 Å². The Morgan fingerprint density at radius 1 is 1.39 bits per heavy atom. The monoisotopic (exact) mass is 331 g/mol. The summed E-state index contributed by atoms with van der Waals surface area (Å²) in [7, 11) is 0. The van der Waals surface area contributed by atoms with E-state index in [1.54, 1.807) is 19.1 Å². The molecule has 0 saturated carbocycles. The van der Waals surface area contributed by atoms with E-state index in [2.05, 4.69) is 15.1 Å². The topological polar surface area (TPSA) is 89.1 Å². The van der Waals surface area contributed by atoms with Gasteiger partial charge < -0.3 is 9.63 Å². The number of thiazole rings is 1. The number of pyridine rings is 1. The Balaban J connectivity index is 1.89. The molecule has 3 rings (SSSR count). The number of aromatic nitrogens is 3. The number of aryl methyl sites for hydroxylation is 1. The molecule has 116 valence electrons. The van der Waals surface area contributed by atoms with E-state index in [0.717, 1.165) is 17.5 Å². The Hall–Kier alpha value is -2.87. The molecule has 0 amide bonds. The lowest BCUT2D eigenvalue weighted by molar-refractivity contribution is 0.0701. The van der Waals surface area contributed by atoms with Crippen LogP contribution in [0.1, 0.15) is 25.9 Å². The van der Waals surface area contributed by atoms with Gasteiger partial charge in [0.1, 0.15) is 27.7 Å². The fourth-order valence-electron chi connectivity index (χ4n) is 1.92. The first-order valence-electron chi connectivity index (χ1n) is 6.49. The summed E-state index contributed by atoms with van der Waals surface area (Å²) in [5.74, 6) is -1.44. The standard InChI is InChI=1S/C15H10FN3O3S/c1-8-14(15(20)21)23-12(18-8)5-2-9-7-22-19-13(9)11-4-3-10(16)6-17-11/h2-7H,1H3,(H,20,21)/b5-2+. The molecule has 3 aromatic heterocycles. The molecule has 0 fully saturated rings. The Labute approximate surface area is 133 Å². The molecule has 8 heteroatoms. The van der Waals surface area contributed by atoms with Crippen molar-refractivity contribution in [1.29, 1.82) is 0 Å². The molecule has 6 nitrogen and oxygen atoms in total.